The van der Waals surface area contributed by atoms with E-state index in [-0.39, 0.29) is 17.2 Å². The quantitative estimate of drug-likeness (QED) is 0.583. The highest BCUT2D eigenvalue weighted by molar-refractivity contribution is 7.93. The Bertz CT molecular complexity index is 1390. The first-order valence-corrected chi connectivity index (χ1v) is 12.8. The second kappa shape index (κ2) is 7.92. The maximum atomic E-state index is 12.6. The van der Waals surface area contributed by atoms with Gasteiger partial charge in [0.25, 0.3) is 5.91 Å². The summed E-state index contributed by atoms with van der Waals surface area (Å²) in [7, 11) is 0.119. The number of hydrogen-bond donors (Lipinski definition) is 1. The van der Waals surface area contributed by atoms with Gasteiger partial charge in [-0.2, -0.15) is 5.26 Å². The summed E-state index contributed by atoms with van der Waals surface area (Å²) in [6, 6.07) is 15.4. The molecule has 1 aromatic heterocycles. The van der Waals surface area contributed by atoms with Crippen molar-refractivity contribution in [1.29, 1.82) is 5.26 Å². The fourth-order valence-electron chi connectivity index (χ4n) is 4.44. The zero-order valence-electron chi connectivity index (χ0n) is 18.7. The van der Waals surface area contributed by atoms with Crippen LogP contribution in [0.1, 0.15) is 54.1 Å². The summed E-state index contributed by atoms with van der Waals surface area (Å²) in [6.45, 7) is 0. The van der Waals surface area contributed by atoms with Gasteiger partial charge >= 0.3 is 0 Å². The van der Waals surface area contributed by atoms with Crippen molar-refractivity contribution < 1.29 is 13.2 Å². The van der Waals surface area contributed by atoms with Gasteiger partial charge in [0.1, 0.15) is 6.07 Å². The third-order valence-corrected chi connectivity index (χ3v) is 8.46. The first kappa shape index (κ1) is 21.5. The number of rotatable bonds is 6. The molecule has 0 radical (unpaired) electrons. The first-order valence-electron chi connectivity index (χ1n) is 11.2. The Morgan fingerprint density at radius 1 is 1.09 bits per heavy atom. The zero-order chi connectivity index (χ0) is 23.3. The van der Waals surface area contributed by atoms with Gasteiger partial charge in [-0.15, -0.1) is 0 Å². The topological polar surface area (TPSA) is 95.2 Å². The van der Waals surface area contributed by atoms with Crippen LogP contribution < -0.4 is 4.72 Å². The van der Waals surface area contributed by atoms with Crippen molar-refractivity contribution in [3.63, 3.8) is 0 Å². The van der Waals surface area contributed by atoms with Crippen molar-refractivity contribution in [3.8, 4) is 17.3 Å². The van der Waals surface area contributed by atoms with Crippen LogP contribution in [0.3, 0.4) is 0 Å². The van der Waals surface area contributed by atoms with Gasteiger partial charge in [-0.25, -0.2) is 8.42 Å². The second-order valence-corrected chi connectivity index (χ2v) is 11.1. The summed E-state index contributed by atoms with van der Waals surface area (Å²) in [4.78, 5) is 14.1. The van der Waals surface area contributed by atoms with Crippen LogP contribution in [0.25, 0.3) is 22.2 Å². The molecule has 8 heteroatoms. The molecule has 33 heavy (non-hydrogen) atoms. The molecule has 2 fully saturated rings. The van der Waals surface area contributed by atoms with Crippen molar-refractivity contribution >= 4 is 32.5 Å². The van der Waals surface area contributed by atoms with Gasteiger partial charge in [0, 0.05) is 36.8 Å². The van der Waals surface area contributed by atoms with E-state index in [0.29, 0.717) is 29.7 Å². The Labute approximate surface area is 193 Å². The summed E-state index contributed by atoms with van der Waals surface area (Å²) >= 11 is 0. The van der Waals surface area contributed by atoms with Crippen molar-refractivity contribution in [1.82, 2.24) is 9.47 Å². The summed E-state index contributed by atoms with van der Waals surface area (Å²) in [5.41, 5.74) is 4.25. The predicted octanol–water partition coefficient (Wildman–Crippen LogP) is 4.51. The Balaban J connectivity index is 1.62. The number of aromatic nitrogens is 1. The number of nitriles is 1. The molecule has 2 aliphatic rings. The van der Waals surface area contributed by atoms with Crippen LogP contribution in [-0.4, -0.2) is 43.1 Å². The molecule has 1 N–H and O–H groups in total. The summed E-state index contributed by atoms with van der Waals surface area (Å²) in [5, 5.41) is 10.6. The van der Waals surface area contributed by atoms with Gasteiger partial charge in [-0.3, -0.25) is 9.52 Å². The molecule has 170 valence electrons. The Hall–Kier alpha value is -3.31. The zero-order valence-corrected chi connectivity index (χ0v) is 19.5. The molecule has 0 atom stereocenters. The van der Waals surface area contributed by atoms with E-state index in [9.17, 15) is 18.5 Å². The number of benzene rings is 2. The largest absolute Gasteiger partial charge is 0.345 e. The van der Waals surface area contributed by atoms with E-state index >= 15 is 0 Å². The van der Waals surface area contributed by atoms with Crippen LogP contribution in [0.5, 0.6) is 0 Å². The van der Waals surface area contributed by atoms with E-state index in [2.05, 4.69) is 15.4 Å². The molecule has 2 aromatic carbocycles. The number of carbonyl (C=O) groups is 1. The molecule has 0 spiro atoms. The van der Waals surface area contributed by atoms with Crippen molar-refractivity contribution in [2.45, 2.75) is 43.4 Å². The van der Waals surface area contributed by atoms with Crippen LogP contribution >= 0.6 is 0 Å². The molecule has 7 nitrogen and oxygen atoms in total. The van der Waals surface area contributed by atoms with Gasteiger partial charge in [0.05, 0.1) is 22.0 Å². The Morgan fingerprint density at radius 3 is 2.33 bits per heavy atom. The highest BCUT2D eigenvalue weighted by atomic mass is 32.2. The van der Waals surface area contributed by atoms with Crippen LogP contribution in [0, 0.1) is 11.3 Å². The highest BCUT2D eigenvalue weighted by Gasteiger charge is 2.35. The van der Waals surface area contributed by atoms with Crippen molar-refractivity contribution in [3.05, 3.63) is 53.6 Å². The third-order valence-electron chi connectivity index (χ3n) is 6.59. The molecular weight excluding hydrogens is 436 g/mol. The molecular formula is C25H26N4O3S. The maximum absolute atomic E-state index is 12.6. The van der Waals surface area contributed by atoms with Crippen LogP contribution in [0.2, 0.25) is 0 Å². The molecule has 5 rings (SSSR count). The van der Waals surface area contributed by atoms with Crippen LogP contribution in [0.15, 0.2) is 42.5 Å². The Kier molecular flexibility index (Phi) is 5.17. The van der Waals surface area contributed by atoms with Gasteiger partial charge in [-0.05, 0) is 61.9 Å². The van der Waals surface area contributed by atoms with Crippen molar-refractivity contribution in [2.24, 2.45) is 0 Å². The number of sulfonamides is 1. The van der Waals surface area contributed by atoms with Gasteiger partial charge < -0.3 is 9.47 Å². The van der Waals surface area contributed by atoms with Gasteiger partial charge in [0.2, 0.25) is 10.0 Å². The number of fused-ring (bicyclic) bond motifs is 1. The average Bonchev–Trinajstić information content (AvgIpc) is 3.57. The molecule has 0 saturated heterocycles. The van der Waals surface area contributed by atoms with Crippen molar-refractivity contribution in [2.75, 3.05) is 18.8 Å². The molecule has 0 aliphatic heterocycles. The minimum absolute atomic E-state index is 0.0781. The molecule has 1 amide bonds. The van der Waals surface area contributed by atoms with E-state index in [1.54, 1.807) is 37.2 Å². The van der Waals surface area contributed by atoms with Crippen LogP contribution in [0.4, 0.5) is 5.69 Å². The number of nitrogens with zero attached hydrogens (tertiary/aromatic N) is 3. The predicted molar refractivity (Wildman–Crippen MR) is 129 cm³/mol. The SMILES string of the molecule is CN(C)C(=O)c1ccc2c(C#N)c(-c3ccc(NS(=O)(=O)C4CC4)cc3)n(C3CCC3)c2c1. The monoisotopic (exact) mass is 462 g/mol. The lowest BCUT2D eigenvalue weighted by atomic mass is 9.92. The molecule has 2 aliphatic carbocycles. The number of hydrogen-bond acceptors (Lipinski definition) is 4. The maximum Gasteiger partial charge on any atom is 0.253 e. The smallest absolute Gasteiger partial charge is 0.253 e. The number of anilines is 1. The number of nitrogens with one attached hydrogen (secondary N) is 1. The standard InChI is InChI=1S/C25H26N4O3S/c1-28(2)25(30)17-8-13-21-22(15-26)24(29(23(21)14-17)19-4-3-5-19)16-6-9-18(10-7-16)27-33(31,32)20-11-12-20/h6-10,13-14,19-20,27H,3-5,11-12H2,1-2H3. The van der Waals surface area contributed by atoms with Crippen LogP contribution in [-0.2, 0) is 10.0 Å². The summed E-state index contributed by atoms with van der Waals surface area (Å²) in [5.74, 6) is -0.0781. The lowest BCUT2D eigenvalue weighted by molar-refractivity contribution is 0.0827. The number of carbonyl (C=O) groups excluding carboxylic acids is 1. The lowest BCUT2D eigenvalue weighted by Gasteiger charge is -2.30. The molecule has 0 unspecified atom stereocenters. The second-order valence-electron chi connectivity index (χ2n) is 9.15. The van der Waals surface area contributed by atoms with E-state index in [0.717, 1.165) is 41.4 Å². The van der Waals surface area contributed by atoms with Gasteiger partial charge in [0.15, 0.2) is 0 Å². The minimum Gasteiger partial charge on any atom is -0.345 e. The number of amides is 1. The van der Waals surface area contributed by atoms with Gasteiger partial charge in [-0.1, -0.05) is 18.2 Å². The van der Waals surface area contributed by atoms with E-state index in [4.69, 9.17) is 0 Å². The molecule has 1 heterocycles. The molecule has 0 bridgehead atoms. The lowest BCUT2D eigenvalue weighted by Crippen LogP contribution is -2.22. The average molecular weight is 463 g/mol. The fourth-order valence-corrected chi connectivity index (χ4v) is 5.83. The fraction of sp³-hybridized carbons (Fsp3) is 0.360. The molecule has 3 aromatic rings. The molecule has 2 saturated carbocycles. The third kappa shape index (κ3) is 3.76. The van der Waals surface area contributed by atoms with E-state index in [1.165, 1.54) is 0 Å². The minimum atomic E-state index is -3.33. The summed E-state index contributed by atoms with van der Waals surface area (Å²) in [6.07, 6.45) is 4.58. The normalized spacial score (nSPS) is 16.3. The van der Waals surface area contributed by atoms with E-state index < -0.39 is 10.0 Å². The Morgan fingerprint density at radius 2 is 1.79 bits per heavy atom. The highest BCUT2D eigenvalue weighted by Crippen LogP contribution is 2.43. The van der Waals surface area contributed by atoms with E-state index in [1.807, 2.05) is 24.3 Å². The first-order chi connectivity index (χ1) is 15.8. The summed E-state index contributed by atoms with van der Waals surface area (Å²) < 4.78 is 29.4.